The van der Waals surface area contributed by atoms with Gasteiger partial charge in [0.2, 0.25) is 0 Å². The lowest BCUT2D eigenvalue weighted by atomic mass is 10.2. The third-order valence-corrected chi connectivity index (χ3v) is 4.72. The number of hydrogen-bond acceptors (Lipinski definition) is 7. The van der Waals surface area contributed by atoms with Crippen LogP contribution in [0.1, 0.15) is 29.4 Å². The van der Waals surface area contributed by atoms with Crippen LogP contribution in [0.5, 0.6) is 0 Å². The fourth-order valence-corrected chi connectivity index (χ4v) is 3.27. The molecule has 4 aromatic rings. The lowest BCUT2D eigenvalue weighted by Crippen LogP contribution is -2.09. The third-order valence-electron chi connectivity index (χ3n) is 4.72. The summed E-state index contributed by atoms with van der Waals surface area (Å²) in [5.74, 6) is -0.335. The Morgan fingerprint density at radius 1 is 1.31 bits per heavy atom. The van der Waals surface area contributed by atoms with Gasteiger partial charge in [0, 0.05) is 19.2 Å². The summed E-state index contributed by atoms with van der Waals surface area (Å²) in [5.41, 5.74) is 0.998. The van der Waals surface area contributed by atoms with Crippen molar-refractivity contribution in [2.75, 3.05) is 25.1 Å². The van der Waals surface area contributed by atoms with Gasteiger partial charge in [-0.05, 0) is 31.5 Å². The van der Waals surface area contributed by atoms with Gasteiger partial charge in [0.1, 0.15) is 0 Å². The highest BCUT2D eigenvalue weighted by Gasteiger charge is 2.31. The number of rotatable bonds is 7. The molecule has 12 heteroatoms. The zero-order valence-corrected chi connectivity index (χ0v) is 16.9. The molecule has 0 atom stereocenters. The molecule has 0 unspecified atom stereocenters. The standard InChI is InChI=1S/C20H19F3N6O3/c1-2-32-19(31)14-9-13(27-28-14)16-10-25-18-17(24-6-3-7-30)26-12-8-11(20(21,22)23)4-5-15(12)29(16)18/h4-5,8-10,30H,2-3,6-7H2,1H3,(H,24,26)(H,27,28). The predicted octanol–water partition coefficient (Wildman–Crippen LogP) is 3.26. The number of H-pyrrole nitrogens is 1. The number of aliphatic hydroxyl groups excluding tert-OH is 1. The average Bonchev–Trinajstić information content (AvgIpc) is 3.40. The van der Waals surface area contributed by atoms with Crippen molar-refractivity contribution in [1.29, 1.82) is 0 Å². The first-order valence-corrected chi connectivity index (χ1v) is 9.79. The second-order valence-corrected chi connectivity index (χ2v) is 6.86. The zero-order chi connectivity index (χ0) is 22.9. The lowest BCUT2D eigenvalue weighted by molar-refractivity contribution is -0.137. The van der Waals surface area contributed by atoms with Crippen LogP contribution in [0.15, 0.2) is 30.5 Å². The number of nitrogens with zero attached hydrogens (tertiary/aromatic N) is 4. The smallest absolute Gasteiger partial charge is 0.416 e. The van der Waals surface area contributed by atoms with Crippen LogP contribution in [-0.4, -0.2) is 55.4 Å². The molecule has 0 aliphatic carbocycles. The SMILES string of the molecule is CCOC(=O)c1cc(-c2cnc3c(NCCCO)nc4cc(C(F)(F)F)ccc4n23)[nH]n1. The normalized spacial score (nSPS) is 11.9. The van der Waals surface area contributed by atoms with Gasteiger partial charge < -0.3 is 15.2 Å². The van der Waals surface area contributed by atoms with Crippen molar-refractivity contribution in [3.63, 3.8) is 0 Å². The van der Waals surface area contributed by atoms with E-state index in [-0.39, 0.29) is 30.2 Å². The number of anilines is 1. The summed E-state index contributed by atoms with van der Waals surface area (Å²) in [5, 5.41) is 18.8. The van der Waals surface area contributed by atoms with E-state index in [9.17, 15) is 18.0 Å². The van der Waals surface area contributed by atoms with Crippen LogP contribution in [0.25, 0.3) is 28.1 Å². The van der Waals surface area contributed by atoms with Gasteiger partial charge in [0.15, 0.2) is 17.2 Å². The molecule has 0 fully saturated rings. The number of carbonyl (C=O) groups excluding carboxylic acids is 1. The molecule has 0 spiro atoms. The number of carbonyl (C=O) groups is 1. The number of ether oxygens (including phenoxy) is 1. The Morgan fingerprint density at radius 3 is 2.84 bits per heavy atom. The summed E-state index contributed by atoms with van der Waals surface area (Å²) in [6.45, 7) is 2.16. The summed E-state index contributed by atoms with van der Waals surface area (Å²) in [4.78, 5) is 20.7. The molecule has 0 saturated carbocycles. The maximum atomic E-state index is 13.3. The highest BCUT2D eigenvalue weighted by atomic mass is 19.4. The first-order valence-electron chi connectivity index (χ1n) is 9.79. The molecule has 0 bridgehead atoms. The van der Waals surface area contributed by atoms with Crippen molar-refractivity contribution < 1.29 is 27.8 Å². The van der Waals surface area contributed by atoms with E-state index < -0.39 is 17.7 Å². The molecule has 0 saturated heterocycles. The number of benzene rings is 1. The molecular weight excluding hydrogens is 429 g/mol. The van der Waals surface area contributed by atoms with E-state index in [4.69, 9.17) is 9.84 Å². The minimum atomic E-state index is -4.52. The van der Waals surface area contributed by atoms with Gasteiger partial charge in [-0.2, -0.15) is 18.3 Å². The predicted molar refractivity (Wildman–Crippen MR) is 109 cm³/mol. The van der Waals surface area contributed by atoms with E-state index in [1.54, 1.807) is 11.3 Å². The molecule has 0 aliphatic rings. The van der Waals surface area contributed by atoms with Gasteiger partial charge in [-0.25, -0.2) is 14.8 Å². The zero-order valence-electron chi connectivity index (χ0n) is 16.9. The Kier molecular flexibility index (Phi) is 5.70. The minimum Gasteiger partial charge on any atom is -0.461 e. The molecule has 3 N–H and O–H groups in total. The number of halogens is 3. The fourth-order valence-electron chi connectivity index (χ4n) is 3.27. The van der Waals surface area contributed by atoms with Crippen LogP contribution in [0.3, 0.4) is 0 Å². The molecular formula is C20H19F3N6O3. The van der Waals surface area contributed by atoms with Crippen LogP contribution in [0.4, 0.5) is 19.0 Å². The van der Waals surface area contributed by atoms with Gasteiger partial charge >= 0.3 is 12.1 Å². The molecule has 3 heterocycles. The third kappa shape index (κ3) is 3.96. The van der Waals surface area contributed by atoms with Gasteiger partial charge in [-0.3, -0.25) is 9.50 Å². The van der Waals surface area contributed by atoms with Crippen molar-refractivity contribution in [1.82, 2.24) is 24.6 Å². The number of aliphatic hydroxyl groups is 1. The molecule has 3 aromatic heterocycles. The Balaban J connectivity index is 1.90. The quantitative estimate of drug-likeness (QED) is 0.293. The van der Waals surface area contributed by atoms with Gasteiger partial charge in [-0.1, -0.05) is 0 Å². The van der Waals surface area contributed by atoms with Crippen molar-refractivity contribution in [3.05, 3.63) is 41.7 Å². The van der Waals surface area contributed by atoms with Crippen molar-refractivity contribution in [2.24, 2.45) is 0 Å². The van der Waals surface area contributed by atoms with E-state index in [1.807, 2.05) is 0 Å². The highest BCUT2D eigenvalue weighted by molar-refractivity contribution is 5.90. The molecule has 0 aliphatic heterocycles. The minimum absolute atomic E-state index is 0.0560. The number of nitrogens with one attached hydrogen (secondary N) is 2. The van der Waals surface area contributed by atoms with Crippen LogP contribution in [0, 0.1) is 0 Å². The van der Waals surface area contributed by atoms with Crippen LogP contribution in [-0.2, 0) is 10.9 Å². The van der Waals surface area contributed by atoms with E-state index in [0.717, 1.165) is 12.1 Å². The molecule has 32 heavy (non-hydrogen) atoms. The number of alkyl halides is 3. The highest BCUT2D eigenvalue weighted by Crippen LogP contribution is 2.33. The number of aromatic amines is 1. The Hall–Kier alpha value is -3.67. The van der Waals surface area contributed by atoms with Gasteiger partial charge in [-0.15, -0.1) is 0 Å². The number of imidazole rings is 1. The topological polar surface area (TPSA) is 117 Å². The van der Waals surface area contributed by atoms with E-state index in [2.05, 4.69) is 25.5 Å². The Morgan fingerprint density at radius 2 is 2.12 bits per heavy atom. The van der Waals surface area contributed by atoms with Crippen molar-refractivity contribution >= 4 is 28.5 Å². The number of fused-ring (bicyclic) bond motifs is 3. The van der Waals surface area contributed by atoms with Crippen LogP contribution in [0.2, 0.25) is 0 Å². The van der Waals surface area contributed by atoms with Gasteiger partial charge in [0.25, 0.3) is 0 Å². The number of hydrogen-bond donors (Lipinski definition) is 3. The maximum Gasteiger partial charge on any atom is 0.416 e. The number of esters is 1. The van der Waals surface area contributed by atoms with Crippen molar-refractivity contribution in [3.8, 4) is 11.4 Å². The fraction of sp³-hybridized carbons (Fsp3) is 0.300. The summed E-state index contributed by atoms with van der Waals surface area (Å²) in [6.07, 6.45) is -2.59. The molecule has 0 amide bonds. The monoisotopic (exact) mass is 448 g/mol. The van der Waals surface area contributed by atoms with Crippen LogP contribution < -0.4 is 5.32 Å². The molecule has 4 rings (SSSR count). The molecule has 168 valence electrons. The summed E-state index contributed by atoms with van der Waals surface area (Å²) < 4.78 is 46.3. The van der Waals surface area contributed by atoms with Crippen molar-refractivity contribution in [2.45, 2.75) is 19.5 Å². The number of aromatic nitrogens is 5. The summed E-state index contributed by atoms with van der Waals surface area (Å²) in [7, 11) is 0. The van der Waals surface area contributed by atoms with Crippen LogP contribution >= 0.6 is 0 Å². The van der Waals surface area contributed by atoms with E-state index in [1.165, 1.54) is 18.3 Å². The van der Waals surface area contributed by atoms with E-state index in [0.29, 0.717) is 35.5 Å². The molecule has 9 nitrogen and oxygen atoms in total. The Bertz CT molecular complexity index is 1280. The first-order chi connectivity index (χ1) is 15.3. The molecule has 0 radical (unpaired) electrons. The van der Waals surface area contributed by atoms with E-state index >= 15 is 0 Å². The maximum absolute atomic E-state index is 13.3. The average molecular weight is 448 g/mol. The van der Waals surface area contributed by atoms with Gasteiger partial charge in [0.05, 0.1) is 40.8 Å². The summed E-state index contributed by atoms with van der Waals surface area (Å²) >= 11 is 0. The lowest BCUT2D eigenvalue weighted by Gasteiger charge is -2.13. The second-order valence-electron chi connectivity index (χ2n) is 6.86. The largest absolute Gasteiger partial charge is 0.461 e. The second kappa shape index (κ2) is 8.46. The molecule has 1 aromatic carbocycles. The Labute approximate surface area is 179 Å². The first kappa shape index (κ1) is 21.6. The summed E-state index contributed by atoms with van der Waals surface area (Å²) in [6, 6.07) is 4.75.